The number of nitrogens with one attached hydrogen (secondary N) is 1. The third-order valence-corrected chi connectivity index (χ3v) is 2.90. The van der Waals surface area contributed by atoms with Crippen LogP contribution in [0.5, 0.6) is 0 Å². The normalized spacial score (nSPS) is 12.8. The maximum atomic E-state index is 5.36. The molecule has 3 heteroatoms. The van der Waals surface area contributed by atoms with Gasteiger partial charge in [0.15, 0.2) is 0 Å². The second-order valence-electron chi connectivity index (χ2n) is 4.40. The summed E-state index contributed by atoms with van der Waals surface area (Å²) in [5.41, 5.74) is 0. The van der Waals surface area contributed by atoms with Crippen LogP contribution in [0.1, 0.15) is 38.4 Å². The Morgan fingerprint density at radius 3 is 2.94 bits per heavy atom. The highest BCUT2D eigenvalue weighted by Crippen LogP contribution is 2.09. The van der Waals surface area contributed by atoms with Crippen LogP contribution in [0.3, 0.4) is 0 Å². The predicted octanol–water partition coefficient (Wildman–Crippen LogP) is 3.01. The molecule has 0 aromatic carbocycles. The van der Waals surface area contributed by atoms with Crippen molar-refractivity contribution in [2.75, 3.05) is 20.3 Å². The fraction of sp³-hybridized carbons (Fsp3) is 0.714. The average molecular weight is 239 g/mol. The van der Waals surface area contributed by atoms with Crippen molar-refractivity contribution in [2.24, 2.45) is 0 Å². The largest absolute Gasteiger partial charge is 0.469 e. The summed E-state index contributed by atoms with van der Waals surface area (Å²) in [6.45, 7) is 4.15. The minimum Gasteiger partial charge on any atom is -0.469 e. The van der Waals surface area contributed by atoms with Crippen LogP contribution < -0.4 is 5.32 Å². The molecule has 0 amide bonds. The van der Waals surface area contributed by atoms with Crippen LogP contribution in [-0.4, -0.2) is 26.3 Å². The number of ether oxygens (including phenoxy) is 1. The Balaban J connectivity index is 2.23. The number of furan rings is 1. The second-order valence-corrected chi connectivity index (χ2v) is 4.40. The molecule has 0 fully saturated rings. The molecule has 0 aliphatic rings. The molecule has 0 aliphatic heterocycles. The first-order valence-corrected chi connectivity index (χ1v) is 6.61. The third kappa shape index (κ3) is 6.49. The number of hydrogen-bond donors (Lipinski definition) is 1. The zero-order chi connectivity index (χ0) is 12.3. The number of methoxy groups -OCH3 is 1. The third-order valence-electron chi connectivity index (χ3n) is 2.90. The Morgan fingerprint density at radius 2 is 2.29 bits per heavy atom. The van der Waals surface area contributed by atoms with E-state index >= 15 is 0 Å². The van der Waals surface area contributed by atoms with Crippen molar-refractivity contribution in [3.8, 4) is 0 Å². The van der Waals surface area contributed by atoms with Crippen LogP contribution >= 0.6 is 0 Å². The van der Waals surface area contributed by atoms with Gasteiger partial charge in [-0.1, -0.05) is 6.92 Å². The highest BCUT2D eigenvalue weighted by molar-refractivity contribution is 4.98. The van der Waals surface area contributed by atoms with E-state index in [2.05, 4.69) is 12.2 Å². The first-order valence-electron chi connectivity index (χ1n) is 6.61. The first-order chi connectivity index (χ1) is 8.36. The molecule has 1 aromatic heterocycles. The summed E-state index contributed by atoms with van der Waals surface area (Å²) in [5.74, 6) is 1.08. The first kappa shape index (κ1) is 14.3. The van der Waals surface area contributed by atoms with Gasteiger partial charge >= 0.3 is 0 Å². The Bertz CT molecular complexity index is 259. The van der Waals surface area contributed by atoms with Gasteiger partial charge < -0.3 is 14.5 Å². The fourth-order valence-electron chi connectivity index (χ4n) is 1.94. The van der Waals surface area contributed by atoms with E-state index < -0.39 is 0 Å². The number of aryl methyl sites for hydroxylation is 1. The molecule has 1 heterocycles. The van der Waals surface area contributed by atoms with Gasteiger partial charge in [0.25, 0.3) is 0 Å². The maximum absolute atomic E-state index is 5.36. The van der Waals surface area contributed by atoms with Crippen LogP contribution in [0.4, 0.5) is 0 Å². The summed E-state index contributed by atoms with van der Waals surface area (Å²) >= 11 is 0. The van der Waals surface area contributed by atoms with Crippen molar-refractivity contribution < 1.29 is 9.15 Å². The topological polar surface area (TPSA) is 34.4 Å². The maximum Gasteiger partial charge on any atom is 0.103 e. The fourth-order valence-corrected chi connectivity index (χ4v) is 1.94. The van der Waals surface area contributed by atoms with Gasteiger partial charge in [-0.3, -0.25) is 0 Å². The van der Waals surface area contributed by atoms with Crippen molar-refractivity contribution in [1.29, 1.82) is 0 Å². The monoisotopic (exact) mass is 239 g/mol. The summed E-state index contributed by atoms with van der Waals surface area (Å²) in [6, 6.07) is 4.58. The molecule has 1 atom stereocenters. The second kappa shape index (κ2) is 9.25. The summed E-state index contributed by atoms with van der Waals surface area (Å²) in [5, 5.41) is 3.59. The van der Waals surface area contributed by atoms with Gasteiger partial charge in [-0.15, -0.1) is 0 Å². The van der Waals surface area contributed by atoms with Gasteiger partial charge in [0.05, 0.1) is 6.26 Å². The van der Waals surface area contributed by atoms with Crippen LogP contribution in [0, 0.1) is 0 Å². The Hall–Kier alpha value is -0.800. The highest BCUT2D eigenvalue weighted by Gasteiger charge is 2.08. The Labute approximate surface area is 105 Å². The van der Waals surface area contributed by atoms with Gasteiger partial charge in [0.2, 0.25) is 0 Å². The highest BCUT2D eigenvalue weighted by atomic mass is 16.5. The Morgan fingerprint density at radius 1 is 1.41 bits per heavy atom. The van der Waals surface area contributed by atoms with E-state index in [0.29, 0.717) is 6.04 Å². The lowest BCUT2D eigenvalue weighted by molar-refractivity contribution is 0.188. The zero-order valence-corrected chi connectivity index (χ0v) is 11.1. The molecule has 0 saturated carbocycles. The lowest BCUT2D eigenvalue weighted by atomic mass is 10.0. The van der Waals surface area contributed by atoms with Gasteiger partial charge in [-0.05, 0) is 44.4 Å². The quantitative estimate of drug-likeness (QED) is 0.637. The van der Waals surface area contributed by atoms with Crippen LogP contribution in [0.15, 0.2) is 22.8 Å². The molecule has 1 unspecified atom stereocenters. The minimum absolute atomic E-state index is 0.579. The van der Waals surface area contributed by atoms with Crippen LogP contribution in [0.2, 0.25) is 0 Å². The molecule has 1 N–H and O–H groups in total. The van der Waals surface area contributed by atoms with Gasteiger partial charge in [-0.25, -0.2) is 0 Å². The summed E-state index contributed by atoms with van der Waals surface area (Å²) in [7, 11) is 1.76. The van der Waals surface area contributed by atoms with E-state index in [-0.39, 0.29) is 0 Å². The van der Waals surface area contributed by atoms with Gasteiger partial charge in [0.1, 0.15) is 5.76 Å². The molecular weight excluding hydrogens is 214 g/mol. The van der Waals surface area contributed by atoms with Crippen molar-refractivity contribution >= 4 is 0 Å². The smallest absolute Gasteiger partial charge is 0.103 e. The van der Waals surface area contributed by atoms with Crippen molar-refractivity contribution in [3.05, 3.63) is 24.2 Å². The van der Waals surface area contributed by atoms with E-state index in [4.69, 9.17) is 9.15 Å². The molecule has 1 aromatic rings. The predicted molar refractivity (Wildman–Crippen MR) is 70.2 cm³/mol. The summed E-state index contributed by atoms with van der Waals surface area (Å²) < 4.78 is 10.5. The van der Waals surface area contributed by atoms with Crippen molar-refractivity contribution in [3.63, 3.8) is 0 Å². The lowest BCUT2D eigenvalue weighted by Gasteiger charge is -2.17. The Kier molecular flexibility index (Phi) is 7.76. The van der Waals surface area contributed by atoms with Gasteiger partial charge in [0, 0.05) is 26.2 Å². The van der Waals surface area contributed by atoms with E-state index in [1.165, 1.54) is 12.8 Å². The molecule has 0 aliphatic carbocycles. The van der Waals surface area contributed by atoms with E-state index in [1.54, 1.807) is 13.4 Å². The molecular formula is C14H25NO2. The van der Waals surface area contributed by atoms with Gasteiger partial charge in [-0.2, -0.15) is 0 Å². The average Bonchev–Trinajstić information content (AvgIpc) is 2.85. The SMILES string of the molecule is CCCNC(CCCOC)CCc1ccco1. The number of rotatable bonds is 10. The van der Waals surface area contributed by atoms with Crippen molar-refractivity contribution in [1.82, 2.24) is 5.32 Å². The van der Waals surface area contributed by atoms with E-state index in [1.807, 2.05) is 12.1 Å². The van der Waals surface area contributed by atoms with E-state index in [0.717, 1.165) is 38.2 Å². The van der Waals surface area contributed by atoms with Crippen LogP contribution in [0.25, 0.3) is 0 Å². The molecule has 0 radical (unpaired) electrons. The molecule has 1 rings (SSSR count). The molecule has 0 bridgehead atoms. The molecule has 0 saturated heterocycles. The summed E-state index contributed by atoms with van der Waals surface area (Å²) in [4.78, 5) is 0. The lowest BCUT2D eigenvalue weighted by Crippen LogP contribution is -2.30. The molecule has 17 heavy (non-hydrogen) atoms. The molecule has 3 nitrogen and oxygen atoms in total. The molecule has 98 valence electrons. The minimum atomic E-state index is 0.579. The van der Waals surface area contributed by atoms with E-state index in [9.17, 15) is 0 Å². The molecule has 0 spiro atoms. The number of hydrogen-bond acceptors (Lipinski definition) is 3. The standard InChI is InChI=1S/C14H25NO2/c1-3-10-15-13(6-4-11-16-2)8-9-14-7-5-12-17-14/h5,7,12-13,15H,3-4,6,8-11H2,1-2H3. The van der Waals surface area contributed by atoms with Crippen molar-refractivity contribution in [2.45, 2.75) is 45.1 Å². The van der Waals surface area contributed by atoms with Crippen LogP contribution in [-0.2, 0) is 11.2 Å². The summed E-state index contributed by atoms with van der Waals surface area (Å²) in [6.07, 6.45) is 7.37. The zero-order valence-electron chi connectivity index (χ0n) is 11.1.